The van der Waals surface area contributed by atoms with E-state index in [2.05, 4.69) is 0 Å². The highest BCUT2D eigenvalue weighted by Gasteiger charge is 2.30. The molecular formula is C19H21FN2O5S. The van der Waals surface area contributed by atoms with E-state index in [-0.39, 0.29) is 43.6 Å². The number of piperazine rings is 1. The maximum Gasteiger partial charge on any atom is 0.260 e. The summed E-state index contributed by atoms with van der Waals surface area (Å²) in [5.41, 5.74) is 0. The number of sulfonamides is 1. The number of methoxy groups -OCH3 is 1. The maximum absolute atomic E-state index is 13.4. The van der Waals surface area contributed by atoms with Crippen LogP contribution in [0.1, 0.15) is 0 Å². The molecule has 150 valence electrons. The van der Waals surface area contributed by atoms with Gasteiger partial charge in [-0.2, -0.15) is 4.31 Å². The van der Waals surface area contributed by atoms with Gasteiger partial charge in [0, 0.05) is 26.2 Å². The third kappa shape index (κ3) is 4.42. The van der Waals surface area contributed by atoms with Gasteiger partial charge in [-0.15, -0.1) is 0 Å². The maximum atomic E-state index is 13.4. The van der Waals surface area contributed by atoms with Crippen molar-refractivity contribution in [3.05, 3.63) is 54.3 Å². The molecule has 1 saturated heterocycles. The van der Waals surface area contributed by atoms with Crippen molar-refractivity contribution in [1.82, 2.24) is 9.21 Å². The number of para-hydroxylation sites is 2. The lowest BCUT2D eigenvalue weighted by Gasteiger charge is -2.34. The minimum atomic E-state index is -3.79. The van der Waals surface area contributed by atoms with E-state index < -0.39 is 15.8 Å². The van der Waals surface area contributed by atoms with Crippen LogP contribution in [0.15, 0.2) is 53.4 Å². The zero-order chi connectivity index (χ0) is 20.1. The van der Waals surface area contributed by atoms with E-state index in [1.54, 1.807) is 29.2 Å². The summed E-state index contributed by atoms with van der Waals surface area (Å²) in [4.78, 5) is 13.8. The number of carbonyl (C=O) groups excluding carboxylic acids is 1. The van der Waals surface area contributed by atoms with Gasteiger partial charge < -0.3 is 14.4 Å². The van der Waals surface area contributed by atoms with Crippen LogP contribution in [0.25, 0.3) is 0 Å². The van der Waals surface area contributed by atoms with Crippen LogP contribution in [0.2, 0.25) is 0 Å². The van der Waals surface area contributed by atoms with Gasteiger partial charge in [-0.05, 0) is 30.3 Å². The van der Waals surface area contributed by atoms with Gasteiger partial charge in [-0.25, -0.2) is 12.8 Å². The Bertz CT molecular complexity index is 943. The Labute approximate surface area is 163 Å². The van der Waals surface area contributed by atoms with Gasteiger partial charge in [-0.3, -0.25) is 4.79 Å². The van der Waals surface area contributed by atoms with Crippen molar-refractivity contribution in [2.75, 3.05) is 39.9 Å². The fraction of sp³-hybridized carbons (Fsp3) is 0.316. The first-order valence-corrected chi connectivity index (χ1v) is 10.1. The number of ether oxygens (including phenoxy) is 2. The lowest BCUT2D eigenvalue weighted by atomic mass is 10.3. The molecule has 1 amide bonds. The molecule has 0 aromatic heterocycles. The summed E-state index contributed by atoms with van der Waals surface area (Å²) in [6.07, 6.45) is 0. The molecule has 2 aromatic carbocycles. The summed E-state index contributed by atoms with van der Waals surface area (Å²) in [6, 6.07) is 11.9. The van der Waals surface area contributed by atoms with E-state index in [0.29, 0.717) is 11.5 Å². The van der Waals surface area contributed by atoms with E-state index in [0.717, 1.165) is 6.07 Å². The smallest absolute Gasteiger partial charge is 0.260 e. The van der Waals surface area contributed by atoms with Gasteiger partial charge in [-0.1, -0.05) is 18.2 Å². The molecule has 0 spiro atoms. The highest BCUT2D eigenvalue weighted by molar-refractivity contribution is 7.89. The topological polar surface area (TPSA) is 76.2 Å². The SMILES string of the molecule is COc1ccccc1OCC(=O)N1CCN(S(=O)(=O)c2cccc(F)c2)CC1. The van der Waals surface area contributed by atoms with Crippen molar-refractivity contribution in [3.63, 3.8) is 0 Å². The van der Waals surface area contributed by atoms with Crippen molar-refractivity contribution in [1.29, 1.82) is 0 Å². The standard InChI is InChI=1S/C19H21FN2O5S/c1-26-17-7-2-3-8-18(17)27-14-19(23)21-9-11-22(12-10-21)28(24,25)16-6-4-5-15(20)13-16/h2-8,13H,9-12,14H2,1H3. The second-order valence-corrected chi connectivity index (χ2v) is 8.12. The van der Waals surface area contributed by atoms with Crippen LogP contribution < -0.4 is 9.47 Å². The van der Waals surface area contributed by atoms with Gasteiger partial charge >= 0.3 is 0 Å². The van der Waals surface area contributed by atoms with Crippen LogP contribution in [-0.4, -0.2) is 63.4 Å². The molecule has 1 heterocycles. The molecule has 9 heteroatoms. The van der Waals surface area contributed by atoms with Gasteiger partial charge in [0.2, 0.25) is 10.0 Å². The van der Waals surface area contributed by atoms with Crippen LogP contribution in [-0.2, 0) is 14.8 Å². The molecule has 28 heavy (non-hydrogen) atoms. The molecule has 1 fully saturated rings. The normalized spacial score (nSPS) is 15.3. The molecule has 0 unspecified atom stereocenters. The molecule has 0 atom stereocenters. The first-order chi connectivity index (χ1) is 13.4. The number of rotatable bonds is 6. The van der Waals surface area contributed by atoms with Gasteiger partial charge in [0.25, 0.3) is 5.91 Å². The number of hydrogen-bond acceptors (Lipinski definition) is 5. The Kier molecular flexibility index (Phi) is 6.15. The monoisotopic (exact) mass is 408 g/mol. The van der Waals surface area contributed by atoms with Crippen LogP contribution in [0.4, 0.5) is 4.39 Å². The predicted molar refractivity (Wildman–Crippen MR) is 100 cm³/mol. The number of amides is 1. The molecule has 1 aliphatic heterocycles. The second-order valence-electron chi connectivity index (χ2n) is 6.18. The summed E-state index contributed by atoms with van der Waals surface area (Å²) in [6.45, 7) is 0.584. The van der Waals surface area contributed by atoms with Crippen molar-refractivity contribution in [2.45, 2.75) is 4.90 Å². The molecule has 2 aromatic rings. The van der Waals surface area contributed by atoms with Gasteiger partial charge in [0.1, 0.15) is 5.82 Å². The zero-order valence-electron chi connectivity index (χ0n) is 15.4. The number of carbonyl (C=O) groups is 1. The summed E-state index contributed by atoms with van der Waals surface area (Å²) in [7, 11) is -2.27. The first kappa shape index (κ1) is 20.1. The van der Waals surface area contributed by atoms with Crippen molar-refractivity contribution in [3.8, 4) is 11.5 Å². The van der Waals surface area contributed by atoms with Crippen molar-refractivity contribution >= 4 is 15.9 Å². The highest BCUT2D eigenvalue weighted by Crippen LogP contribution is 2.25. The van der Waals surface area contributed by atoms with E-state index in [1.165, 1.54) is 29.6 Å². The van der Waals surface area contributed by atoms with Crippen LogP contribution >= 0.6 is 0 Å². The Morgan fingerprint density at radius 3 is 2.36 bits per heavy atom. The first-order valence-electron chi connectivity index (χ1n) is 8.71. The van der Waals surface area contributed by atoms with Crippen molar-refractivity contribution < 1.29 is 27.1 Å². The second kappa shape index (κ2) is 8.57. The summed E-state index contributed by atoms with van der Waals surface area (Å²) < 4.78 is 50.5. The molecule has 0 bridgehead atoms. The Morgan fingerprint density at radius 2 is 1.71 bits per heavy atom. The number of halogens is 1. The fourth-order valence-electron chi connectivity index (χ4n) is 2.92. The Hall–Kier alpha value is -2.65. The third-order valence-corrected chi connectivity index (χ3v) is 6.34. The quantitative estimate of drug-likeness (QED) is 0.728. The molecule has 0 aliphatic carbocycles. The molecule has 0 N–H and O–H groups in total. The summed E-state index contributed by atoms with van der Waals surface area (Å²) in [5.74, 6) is 0.143. The minimum Gasteiger partial charge on any atom is -0.493 e. The average Bonchev–Trinajstić information content (AvgIpc) is 2.72. The Morgan fingerprint density at radius 1 is 1.04 bits per heavy atom. The predicted octanol–water partition coefficient (Wildman–Crippen LogP) is 1.75. The highest BCUT2D eigenvalue weighted by atomic mass is 32.2. The number of nitrogens with zero attached hydrogens (tertiary/aromatic N) is 2. The Balaban J connectivity index is 1.57. The average molecular weight is 408 g/mol. The third-order valence-electron chi connectivity index (χ3n) is 4.45. The lowest BCUT2D eigenvalue weighted by molar-refractivity contribution is -0.134. The van der Waals surface area contributed by atoms with Gasteiger partial charge in [0.05, 0.1) is 12.0 Å². The van der Waals surface area contributed by atoms with E-state index in [1.807, 2.05) is 0 Å². The molecule has 0 saturated carbocycles. The molecule has 0 radical (unpaired) electrons. The largest absolute Gasteiger partial charge is 0.493 e. The summed E-state index contributed by atoms with van der Waals surface area (Å²) in [5, 5.41) is 0. The fourth-order valence-corrected chi connectivity index (χ4v) is 4.38. The van der Waals surface area contributed by atoms with Crippen LogP contribution in [0.3, 0.4) is 0 Å². The number of benzene rings is 2. The minimum absolute atomic E-state index is 0.0909. The van der Waals surface area contributed by atoms with E-state index in [9.17, 15) is 17.6 Å². The molecule has 3 rings (SSSR count). The van der Waals surface area contributed by atoms with Crippen LogP contribution in [0.5, 0.6) is 11.5 Å². The zero-order valence-corrected chi connectivity index (χ0v) is 16.2. The van der Waals surface area contributed by atoms with Crippen LogP contribution in [0, 0.1) is 5.82 Å². The molecule has 1 aliphatic rings. The lowest BCUT2D eigenvalue weighted by Crippen LogP contribution is -2.51. The summed E-state index contributed by atoms with van der Waals surface area (Å²) >= 11 is 0. The van der Waals surface area contributed by atoms with E-state index >= 15 is 0 Å². The van der Waals surface area contributed by atoms with Gasteiger partial charge in [0.15, 0.2) is 18.1 Å². The van der Waals surface area contributed by atoms with Crippen molar-refractivity contribution in [2.24, 2.45) is 0 Å². The van der Waals surface area contributed by atoms with E-state index in [4.69, 9.17) is 9.47 Å². The molecular weight excluding hydrogens is 387 g/mol. The number of hydrogen-bond donors (Lipinski definition) is 0. The molecule has 7 nitrogen and oxygen atoms in total.